The zero-order valence-corrected chi connectivity index (χ0v) is 12.9. The number of benzene rings is 1. The fourth-order valence-corrected chi connectivity index (χ4v) is 2.55. The first-order valence-corrected chi connectivity index (χ1v) is 6.85. The molecule has 0 aliphatic carbocycles. The molecule has 1 aromatic rings. The Bertz CT molecular complexity index is 445. The summed E-state index contributed by atoms with van der Waals surface area (Å²) >= 11 is 0. The number of piperidine rings is 1. The molecule has 1 aliphatic rings. The van der Waals surface area contributed by atoms with Crippen molar-refractivity contribution in [2.45, 2.75) is 25.7 Å². The van der Waals surface area contributed by atoms with Gasteiger partial charge in [0.2, 0.25) is 0 Å². The summed E-state index contributed by atoms with van der Waals surface area (Å²) in [5.74, 6) is 1.30. The fourth-order valence-electron chi connectivity index (χ4n) is 2.55. The van der Waals surface area contributed by atoms with Crippen molar-refractivity contribution in [3.05, 3.63) is 29.3 Å². The van der Waals surface area contributed by atoms with Crippen LogP contribution in [0.15, 0.2) is 18.2 Å². The summed E-state index contributed by atoms with van der Waals surface area (Å²) in [5.41, 5.74) is 2.66. The highest BCUT2D eigenvalue weighted by atomic mass is 35.5. The van der Waals surface area contributed by atoms with Crippen molar-refractivity contribution in [3.63, 3.8) is 0 Å². The van der Waals surface area contributed by atoms with Gasteiger partial charge in [0.1, 0.15) is 5.75 Å². The number of carbonyl (C=O) groups excluding carboxylic acids is 1. The molecule has 5 heteroatoms. The first-order valence-electron chi connectivity index (χ1n) is 6.85. The Labute approximate surface area is 126 Å². The summed E-state index contributed by atoms with van der Waals surface area (Å²) < 4.78 is 5.46. The minimum atomic E-state index is -0.111. The molecule has 2 rings (SSSR count). The van der Waals surface area contributed by atoms with Crippen molar-refractivity contribution in [3.8, 4) is 5.75 Å². The molecule has 0 bridgehead atoms. The lowest BCUT2D eigenvalue weighted by Crippen LogP contribution is -2.27. The average Bonchev–Trinajstić information content (AvgIpc) is 2.45. The summed E-state index contributed by atoms with van der Waals surface area (Å²) in [6, 6.07) is 6.14. The molecule has 0 aromatic heterocycles. The van der Waals surface area contributed by atoms with Crippen molar-refractivity contribution in [1.29, 1.82) is 0 Å². The number of carbonyl (C=O) groups is 1. The van der Waals surface area contributed by atoms with Gasteiger partial charge in [-0.05, 0) is 62.0 Å². The van der Waals surface area contributed by atoms with E-state index in [1.54, 1.807) is 7.05 Å². The first-order chi connectivity index (χ1) is 9.20. The molecule has 0 atom stereocenters. The number of nitrogens with one attached hydrogen (secondary N) is 2. The third kappa shape index (κ3) is 4.39. The lowest BCUT2D eigenvalue weighted by Gasteiger charge is -2.24. The zero-order valence-electron chi connectivity index (χ0n) is 12.1. The largest absolute Gasteiger partial charge is 0.484 e. The van der Waals surface area contributed by atoms with Crippen molar-refractivity contribution in [2.75, 3.05) is 26.7 Å². The van der Waals surface area contributed by atoms with Crippen LogP contribution in [0.4, 0.5) is 0 Å². The zero-order chi connectivity index (χ0) is 13.7. The monoisotopic (exact) mass is 298 g/mol. The Kier molecular flexibility index (Phi) is 6.82. The van der Waals surface area contributed by atoms with Crippen LogP contribution in [0.2, 0.25) is 0 Å². The molecule has 112 valence electrons. The van der Waals surface area contributed by atoms with E-state index in [1.807, 2.05) is 12.1 Å². The van der Waals surface area contributed by atoms with Crippen LogP contribution in [0, 0.1) is 6.92 Å². The molecule has 1 saturated heterocycles. The second-order valence-corrected chi connectivity index (χ2v) is 5.00. The van der Waals surface area contributed by atoms with Crippen LogP contribution in [-0.2, 0) is 4.79 Å². The molecule has 1 heterocycles. The number of amides is 1. The molecular formula is C15H23ClN2O2. The second kappa shape index (κ2) is 8.12. The van der Waals surface area contributed by atoms with E-state index in [2.05, 4.69) is 23.6 Å². The Morgan fingerprint density at radius 3 is 2.70 bits per heavy atom. The van der Waals surface area contributed by atoms with E-state index < -0.39 is 0 Å². The summed E-state index contributed by atoms with van der Waals surface area (Å²) in [6.45, 7) is 4.38. The molecule has 4 nitrogen and oxygen atoms in total. The summed E-state index contributed by atoms with van der Waals surface area (Å²) in [5, 5.41) is 5.93. The number of ether oxygens (including phenoxy) is 1. The fraction of sp³-hybridized carbons (Fsp3) is 0.533. The van der Waals surface area contributed by atoms with Crippen LogP contribution in [0.1, 0.15) is 29.9 Å². The lowest BCUT2D eigenvalue weighted by atomic mass is 9.87. The van der Waals surface area contributed by atoms with Gasteiger partial charge in [-0.1, -0.05) is 6.07 Å². The summed E-state index contributed by atoms with van der Waals surface area (Å²) in [4.78, 5) is 11.1. The van der Waals surface area contributed by atoms with Crippen molar-refractivity contribution < 1.29 is 9.53 Å². The second-order valence-electron chi connectivity index (χ2n) is 5.00. The molecule has 1 amide bonds. The number of halogens is 1. The van der Waals surface area contributed by atoms with E-state index in [9.17, 15) is 4.79 Å². The van der Waals surface area contributed by atoms with Crippen LogP contribution in [0.5, 0.6) is 5.75 Å². The number of hydrogen-bond acceptors (Lipinski definition) is 3. The molecule has 1 aromatic carbocycles. The van der Waals surface area contributed by atoms with E-state index in [-0.39, 0.29) is 24.9 Å². The van der Waals surface area contributed by atoms with Gasteiger partial charge < -0.3 is 15.4 Å². The average molecular weight is 299 g/mol. The van der Waals surface area contributed by atoms with Crippen molar-refractivity contribution in [2.24, 2.45) is 0 Å². The first kappa shape index (κ1) is 16.8. The van der Waals surface area contributed by atoms with E-state index in [4.69, 9.17) is 4.74 Å². The molecule has 0 spiro atoms. The number of likely N-dealkylation sites (N-methyl/N-ethyl adjacent to an activating group) is 1. The minimum Gasteiger partial charge on any atom is -0.484 e. The number of aryl methyl sites for hydroxylation is 1. The molecular weight excluding hydrogens is 276 g/mol. The van der Waals surface area contributed by atoms with Crippen LogP contribution < -0.4 is 15.4 Å². The summed E-state index contributed by atoms with van der Waals surface area (Å²) in [6.07, 6.45) is 2.39. The number of hydrogen-bond donors (Lipinski definition) is 2. The lowest BCUT2D eigenvalue weighted by molar-refractivity contribution is -0.122. The molecule has 20 heavy (non-hydrogen) atoms. The molecule has 2 N–H and O–H groups in total. The highest BCUT2D eigenvalue weighted by Gasteiger charge is 2.17. The van der Waals surface area contributed by atoms with Gasteiger partial charge in [-0.3, -0.25) is 4.79 Å². The number of rotatable bonds is 4. The highest BCUT2D eigenvalue weighted by Crippen LogP contribution is 2.29. The Hall–Kier alpha value is -1.26. The van der Waals surface area contributed by atoms with E-state index in [0.29, 0.717) is 5.92 Å². The third-order valence-corrected chi connectivity index (χ3v) is 3.67. The predicted molar refractivity (Wildman–Crippen MR) is 82.8 cm³/mol. The standard InChI is InChI=1S/C15H22N2O2.ClH/c1-11-9-13(19-10-15(18)16-2)3-4-14(11)12-5-7-17-8-6-12;/h3-4,9,12,17H,5-8,10H2,1-2H3,(H,16,18);1H. The maximum absolute atomic E-state index is 11.1. The van der Waals surface area contributed by atoms with Crippen LogP contribution >= 0.6 is 12.4 Å². The van der Waals surface area contributed by atoms with Crippen molar-refractivity contribution >= 4 is 18.3 Å². The third-order valence-electron chi connectivity index (χ3n) is 3.67. The van der Waals surface area contributed by atoms with Gasteiger partial charge in [0.05, 0.1) is 0 Å². The Balaban J connectivity index is 0.00000200. The molecule has 0 saturated carbocycles. The molecule has 1 aliphatic heterocycles. The van der Waals surface area contributed by atoms with Gasteiger partial charge >= 0.3 is 0 Å². The predicted octanol–water partition coefficient (Wildman–Crippen LogP) is 2.01. The van der Waals surface area contributed by atoms with E-state index >= 15 is 0 Å². The van der Waals surface area contributed by atoms with Gasteiger partial charge in [-0.15, -0.1) is 12.4 Å². The van der Waals surface area contributed by atoms with E-state index in [1.165, 1.54) is 24.0 Å². The maximum atomic E-state index is 11.1. The van der Waals surface area contributed by atoms with Crippen LogP contribution in [-0.4, -0.2) is 32.7 Å². The normalized spacial score (nSPS) is 15.3. The Morgan fingerprint density at radius 2 is 2.10 bits per heavy atom. The van der Waals surface area contributed by atoms with Crippen molar-refractivity contribution in [1.82, 2.24) is 10.6 Å². The van der Waals surface area contributed by atoms with Gasteiger partial charge in [-0.2, -0.15) is 0 Å². The van der Waals surface area contributed by atoms with Gasteiger partial charge in [-0.25, -0.2) is 0 Å². The Morgan fingerprint density at radius 1 is 1.40 bits per heavy atom. The molecule has 1 fully saturated rings. The van der Waals surface area contributed by atoms with Gasteiger partial charge in [0, 0.05) is 7.05 Å². The van der Waals surface area contributed by atoms with Gasteiger partial charge in [0.15, 0.2) is 6.61 Å². The smallest absolute Gasteiger partial charge is 0.257 e. The van der Waals surface area contributed by atoms with Crippen LogP contribution in [0.3, 0.4) is 0 Å². The van der Waals surface area contributed by atoms with Crippen LogP contribution in [0.25, 0.3) is 0 Å². The quantitative estimate of drug-likeness (QED) is 0.894. The van der Waals surface area contributed by atoms with E-state index in [0.717, 1.165) is 18.8 Å². The minimum absolute atomic E-state index is 0. The van der Waals surface area contributed by atoms with Gasteiger partial charge in [0.25, 0.3) is 5.91 Å². The molecule has 0 unspecified atom stereocenters. The maximum Gasteiger partial charge on any atom is 0.257 e. The topological polar surface area (TPSA) is 50.4 Å². The SMILES string of the molecule is CNC(=O)COc1ccc(C2CCNCC2)c(C)c1.Cl. The molecule has 0 radical (unpaired) electrons. The highest BCUT2D eigenvalue weighted by molar-refractivity contribution is 5.85. The summed E-state index contributed by atoms with van der Waals surface area (Å²) in [7, 11) is 1.61.